The van der Waals surface area contributed by atoms with E-state index < -0.39 is 0 Å². The molecule has 10 nitrogen and oxygen atoms in total. The Balaban J connectivity index is 0.987. The molecule has 6 amide bonds. The lowest BCUT2D eigenvalue weighted by Gasteiger charge is -2.30. The van der Waals surface area contributed by atoms with Gasteiger partial charge in [0.25, 0.3) is 35.4 Å². The molecule has 2 atom stereocenters. The molecule has 0 N–H and O–H groups in total. The first-order valence-electron chi connectivity index (χ1n) is 31.8. The Morgan fingerprint density at radius 3 is 1.07 bits per heavy atom. The third-order valence-electron chi connectivity index (χ3n) is 18.6. The van der Waals surface area contributed by atoms with Gasteiger partial charge < -0.3 is 9.80 Å². The molecule has 0 saturated heterocycles. The van der Waals surface area contributed by atoms with Crippen LogP contribution >= 0.6 is 0 Å². The van der Waals surface area contributed by atoms with Crippen LogP contribution in [0.2, 0.25) is 0 Å². The van der Waals surface area contributed by atoms with Crippen LogP contribution in [0.3, 0.4) is 0 Å². The van der Waals surface area contributed by atoms with Crippen LogP contribution in [-0.4, -0.2) is 81.2 Å². The summed E-state index contributed by atoms with van der Waals surface area (Å²) in [6, 6.07) is 19.3. The van der Waals surface area contributed by atoms with Crippen molar-refractivity contribution in [3.63, 3.8) is 0 Å². The number of fused-ring (bicyclic) bond motifs is 1. The second-order valence-corrected chi connectivity index (χ2v) is 24.1. The fraction of sp³-hybridized carbons (Fsp3) is 0.472. The first-order chi connectivity index (χ1) is 40.0. The quantitative estimate of drug-likeness (QED) is 0.0379. The molecule has 0 radical (unpaired) electrons. The van der Waals surface area contributed by atoms with E-state index in [0.29, 0.717) is 94.6 Å². The van der Waals surface area contributed by atoms with Crippen LogP contribution in [0.5, 0.6) is 0 Å². The minimum Gasteiger partial charge on any atom is -0.307 e. The largest absolute Gasteiger partial charge is 0.307 e. The van der Waals surface area contributed by atoms with Crippen molar-refractivity contribution in [2.24, 2.45) is 11.8 Å². The maximum atomic E-state index is 15.8. The lowest BCUT2D eigenvalue weighted by molar-refractivity contribution is -0.125. The van der Waals surface area contributed by atoms with Gasteiger partial charge in [-0.1, -0.05) is 205 Å². The van der Waals surface area contributed by atoms with Crippen molar-refractivity contribution in [3.8, 4) is 0 Å². The number of allylic oxidation sites excluding steroid dienone is 8. The molecule has 10 rings (SSSR count). The van der Waals surface area contributed by atoms with Crippen molar-refractivity contribution in [2.45, 2.75) is 183 Å². The molecule has 4 aromatic rings. The van der Waals surface area contributed by atoms with Gasteiger partial charge in [-0.05, 0) is 106 Å². The van der Waals surface area contributed by atoms with Gasteiger partial charge in [0.2, 0.25) is 0 Å². The van der Waals surface area contributed by atoms with Gasteiger partial charge in [0, 0.05) is 72.0 Å². The number of carbonyl (C=O) groups is 6. The fourth-order valence-electron chi connectivity index (χ4n) is 13.9. The number of carbonyl (C=O) groups excluding carboxylic acids is 6. The zero-order valence-electron chi connectivity index (χ0n) is 49.9. The average molecular weight is 1100 g/mol. The summed E-state index contributed by atoms with van der Waals surface area (Å²) in [5.41, 5.74) is 10.2. The molecule has 2 unspecified atom stereocenters. The molecule has 6 aliphatic rings. The normalized spacial score (nSPS) is 17.6. The molecule has 4 aliphatic heterocycles. The highest BCUT2D eigenvalue weighted by Gasteiger charge is 2.51. The summed E-state index contributed by atoms with van der Waals surface area (Å²) in [5, 5.41) is 3.07. The highest BCUT2D eigenvalue weighted by Crippen LogP contribution is 2.51. The SMILES string of the molecule is CCCCCCCCN1C(=O)c2cccc3c(C4=CC=C(C5=C6C(=O)N(CC(CC)CCCC)C(C7=CC=C(c8ccc9c%10c(cccc8%10)C(=O)N(CCCCCCCC)C9=O)C7)=C6C(=O)N5CC(CC)CCCC)C4)ccc(c23)C1=O. The summed E-state index contributed by atoms with van der Waals surface area (Å²) >= 11 is 0. The van der Waals surface area contributed by atoms with Gasteiger partial charge in [0.15, 0.2) is 0 Å². The number of hydrogen-bond donors (Lipinski definition) is 0. The summed E-state index contributed by atoms with van der Waals surface area (Å²) in [7, 11) is 0. The van der Waals surface area contributed by atoms with Gasteiger partial charge in [0.05, 0.1) is 22.5 Å². The predicted molar refractivity (Wildman–Crippen MR) is 331 cm³/mol. The molecule has 2 aliphatic carbocycles. The van der Waals surface area contributed by atoms with Crippen molar-refractivity contribution in [1.29, 1.82) is 0 Å². The molecule has 4 heterocycles. The van der Waals surface area contributed by atoms with Gasteiger partial charge in [-0.2, -0.15) is 0 Å². The molecule has 430 valence electrons. The maximum absolute atomic E-state index is 15.8. The number of unbranched alkanes of at least 4 members (excludes halogenated alkanes) is 12. The molecule has 10 heteroatoms. The third-order valence-corrected chi connectivity index (χ3v) is 18.6. The maximum Gasteiger partial charge on any atom is 0.261 e. The summed E-state index contributed by atoms with van der Waals surface area (Å²) in [5.74, 6) is -0.790. The van der Waals surface area contributed by atoms with Crippen LogP contribution in [0.4, 0.5) is 0 Å². The van der Waals surface area contributed by atoms with Crippen molar-refractivity contribution in [2.75, 3.05) is 26.2 Å². The average Bonchev–Trinajstić information content (AvgIpc) is 4.45. The molecule has 82 heavy (non-hydrogen) atoms. The molecule has 0 saturated carbocycles. The van der Waals surface area contributed by atoms with Gasteiger partial charge in [0.1, 0.15) is 0 Å². The van der Waals surface area contributed by atoms with Crippen LogP contribution in [0.15, 0.2) is 119 Å². The molecular weight excluding hydrogens is 1020 g/mol. The number of benzene rings is 4. The Morgan fingerprint density at radius 1 is 0.354 bits per heavy atom. The lowest BCUT2D eigenvalue weighted by atomic mass is 9.88. The highest BCUT2D eigenvalue weighted by atomic mass is 16.2. The van der Waals surface area contributed by atoms with E-state index in [1.54, 1.807) is 0 Å². The molecule has 4 aromatic carbocycles. The number of imide groups is 2. The van der Waals surface area contributed by atoms with Crippen LogP contribution < -0.4 is 0 Å². The van der Waals surface area contributed by atoms with Crippen molar-refractivity contribution < 1.29 is 28.8 Å². The van der Waals surface area contributed by atoms with E-state index >= 15 is 9.59 Å². The summed E-state index contributed by atoms with van der Waals surface area (Å²) in [6.07, 6.45) is 30.0. The minimum atomic E-state index is -0.244. The van der Waals surface area contributed by atoms with Crippen LogP contribution in [0.25, 0.3) is 32.7 Å². The molecule has 0 bridgehead atoms. The van der Waals surface area contributed by atoms with Crippen molar-refractivity contribution >= 4 is 68.1 Å². The van der Waals surface area contributed by atoms with E-state index in [-0.39, 0.29) is 47.3 Å². The second-order valence-electron chi connectivity index (χ2n) is 24.1. The van der Waals surface area contributed by atoms with Gasteiger partial charge in [-0.15, -0.1) is 0 Å². The van der Waals surface area contributed by atoms with E-state index in [9.17, 15) is 19.2 Å². The monoisotopic (exact) mass is 1100 g/mol. The van der Waals surface area contributed by atoms with Crippen LogP contribution in [-0.2, 0) is 9.59 Å². The summed E-state index contributed by atoms with van der Waals surface area (Å²) in [6.45, 7) is 15.0. The zero-order valence-corrected chi connectivity index (χ0v) is 49.9. The van der Waals surface area contributed by atoms with Crippen LogP contribution in [0.1, 0.15) is 235 Å². The Morgan fingerprint density at radius 2 is 0.695 bits per heavy atom. The zero-order chi connectivity index (χ0) is 57.6. The predicted octanol–water partition coefficient (Wildman–Crippen LogP) is 16.7. The topological polar surface area (TPSA) is 115 Å². The van der Waals surface area contributed by atoms with E-state index in [1.165, 1.54) is 22.6 Å². The standard InChI is InChI=1S/C72H86N4O6/c1-7-13-17-19-21-23-41-73-67(77)57-31-25-29-55-53(37-39-59(61(55)57)69(73)79)49-33-35-51(43-49)65-63-64(72(82)75(65)45-47(11-5)27-15-9-3)66(76(71(63)81)46-48(12-6)28-16-10-4)52-36-34-50(44-52)54-38-40-60-62-56(54)30-26-32-58(62)68(78)74(70(60)80)42-24-22-20-18-14-8-2/h25-26,29-40,47-48H,7-24,27-28,41-46H2,1-6H3. The highest BCUT2D eigenvalue weighted by molar-refractivity contribution is 6.28. The number of nitrogens with zero attached hydrogens (tertiary/aromatic N) is 4. The van der Waals surface area contributed by atoms with Crippen LogP contribution in [0, 0.1) is 11.8 Å². The molecular formula is C72H86N4O6. The number of amides is 6. The first-order valence-corrected chi connectivity index (χ1v) is 31.8. The molecule has 0 aromatic heterocycles. The van der Waals surface area contributed by atoms with E-state index in [1.807, 2.05) is 70.5 Å². The smallest absolute Gasteiger partial charge is 0.261 e. The lowest BCUT2D eigenvalue weighted by Crippen LogP contribution is -2.40. The second kappa shape index (κ2) is 26.1. The Hall–Kier alpha value is -6.94. The van der Waals surface area contributed by atoms with E-state index in [4.69, 9.17) is 0 Å². The summed E-state index contributed by atoms with van der Waals surface area (Å²) < 4.78 is 0. The van der Waals surface area contributed by atoms with Gasteiger partial charge in [-0.25, -0.2) is 0 Å². The Kier molecular flexibility index (Phi) is 18.5. The Bertz CT molecular complexity index is 3130. The third kappa shape index (κ3) is 11.1. The van der Waals surface area contributed by atoms with E-state index in [0.717, 1.165) is 160 Å². The summed E-state index contributed by atoms with van der Waals surface area (Å²) in [4.78, 5) is 94.9. The number of rotatable bonds is 30. The van der Waals surface area contributed by atoms with Gasteiger partial charge >= 0.3 is 0 Å². The molecule has 0 spiro atoms. The minimum absolute atomic E-state index is 0.135. The fourth-order valence-corrected chi connectivity index (χ4v) is 13.9. The van der Waals surface area contributed by atoms with Gasteiger partial charge in [-0.3, -0.25) is 38.6 Å². The first kappa shape index (κ1) is 58.3. The van der Waals surface area contributed by atoms with Crippen molar-refractivity contribution in [3.05, 3.63) is 152 Å². The van der Waals surface area contributed by atoms with E-state index in [2.05, 4.69) is 65.8 Å². The Labute approximate surface area is 487 Å². The number of hydrogen-bond acceptors (Lipinski definition) is 6. The van der Waals surface area contributed by atoms with Crippen molar-refractivity contribution in [1.82, 2.24) is 19.6 Å². The molecule has 0 fully saturated rings.